The van der Waals surface area contributed by atoms with E-state index in [9.17, 15) is 8.42 Å². The van der Waals surface area contributed by atoms with Crippen molar-refractivity contribution in [1.29, 1.82) is 0 Å². The first kappa shape index (κ1) is 16.9. The van der Waals surface area contributed by atoms with Crippen LogP contribution in [0.3, 0.4) is 0 Å². The third-order valence-electron chi connectivity index (χ3n) is 3.28. The maximum atomic E-state index is 12.1. The molecule has 116 valence electrons. The van der Waals surface area contributed by atoms with Crippen molar-refractivity contribution < 1.29 is 8.42 Å². The normalized spacial score (nSPS) is 13.8. The Morgan fingerprint density at radius 1 is 1.45 bits per heavy atom. The van der Waals surface area contributed by atoms with Crippen LogP contribution in [-0.2, 0) is 10.0 Å². The fourth-order valence-electron chi connectivity index (χ4n) is 2.05. The molecule has 8 heteroatoms. The summed E-state index contributed by atoms with van der Waals surface area (Å²) in [5.41, 5.74) is 5.53. The predicted octanol–water partition coefficient (Wildman–Crippen LogP) is 0.781. The number of nitrogen functional groups attached to an aromatic ring is 1. The molecule has 0 aliphatic heterocycles. The number of hydrogen-bond acceptors (Lipinski definition) is 5. The highest BCUT2D eigenvalue weighted by Crippen LogP contribution is 2.14. The van der Waals surface area contributed by atoms with E-state index >= 15 is 0 Å². The van der Waals surface area contributed by atoms with Gasteiger partial charge >= 0.3 is 0 Å². The van der Waals surface area contributed by atoms with Crippen LogP contribution in [0.15, 0.2) is 11.1 Å². The molecule has 0 saturated heterocycles. The van der Waals surface area contributed by atoms with Crippen molar-refractivity contribution in [2.24, 2.45) is 0 Å². The van der Waals surface area contributed by atoms with Gasteiger partial charge in [-0.05, 0) is 39.4 Å². The van der Waals surface area contributed by atoms with Gasteiger partial charge in [0, 0.05) is 6.04 Å². The lowest BCUT2D eigenvalue weighted by molar-refractivity contribution is 0.293. The minimum atomic E-state index is -3.59. The number of anilines is 1. The molecule has 7 nitrogen and oxygen atoms in total. The van der Waals surface area contributed by atoms with Gasteiger partial charge < -0.3 is 10.6 Å². The number of H-pyrrole nitrogens is 1. The average Bonchev–Trinajstić information content (AvgIpc) is 2.81. The zero-order chi connectivity index (χ0) is 15.2. The first-order valence-corrected chi connectivity index (χ1v) is 8.42. The van der Waals surface area contributed by atoms with Crippen molar-refractivity contribution in [2.75, 3.05) is 25.4 Å². The molecule has 20 heavy (non-hydrogen) atoms. The molecule has 1 unspecified atom stereocenters. The number of nitrogens with two attached hydrogens (primary N) is 1. The molecule has 0 spiro atoms. The smallest absolute Gasteiger partial charge is 0.246 e. The molecule has 0 bridgehead atoms. The predicted molar refractivity (Wildman–Crippen MR) is 79.8 cm³/mol. The van der Waals surface area contributed by atoms with Gasteiger partial charge in [-0.1, -0.05) is 13.8 Å². The van der Waals surface area contributed by atoms with Gasteiger partial charge in [0.05, 0.1) is 6.20 Å². The van der Waals surface area contributed by atoms with E-state index in [0.29, 0.717) is 0 Å². The summed E-state index contributed by atoms with van der Waals surface area (Å²) in [5, 5.41) is 6.05. The molecule has 0 saturated carbocycles. The van der Waals surface area contributed by atoms with Gasteiger partial charge in [-0.25, -0.2) is 13.1 Å². The monoisotopic (exact) mass is 303 g/mol. The average molecular weight is 303 g/mol. The third kappa shape index (κ3) is 4.77. The maximum absolute atomic E-state index is 12.1. The van der Waals surface area contributed by atoms with Crippen LogP contribution in [-0.4, -0.2) is 49.2 Å². The van der Waals surface area contributed by atoms with E-state index in [1.807, 2.05) is 6.92 Å². The fraction of sp³-hybridized carbons (Fsp3) is 0.750. The molecule has 1 rings (SSSR count). The largest absolute Gasteiger partial charge is 0.383 e. The molecular weight excluding hydrogens is 278 g/mol. The lowest BCUT2D eigenvalue weighted by Crippen LogP contribution is -2.33. The Morgan fingerprint density at radius 2 is 2.10 bits per heavy atom. The van der Waals surface area contributed by atoms with E-state index < -0.39 is 10.0 Å². The van der Waals surface area contributed by atoms with E-state index in [1.165, 1.54) is 6.20 Å². The second-order valence-electron chi connectivity index (χ2n) is 4.84. The molecule has 1 aromatic heterocycles. The van der Waals surface area contributed by atoms with Gasteiger partial charge in [-0.15, -0.1) is 0 Å². The van der Waals surface area contributed by atoms with Crippen LogP contribution >= 0.6 is 0 Å². The Bertz CT molecular complexity index is 496. The van der Waals surface area contributed by atoms with Crippen LogP contribution in [0.4, 0.5) is 5.82 Å². The number of nitrogens with one attached hydrogen (secondary N) is 2. The molecule has 0 amide bonds. The second-order valence-corrected chi connectivity index (χ2v) is 6.52. The highest BCUT2D eigenvalue weighted by atomic mass is 32.2. The summed E-state index contributed by atoms with van der Waals surface area (Å²) in [5.74, 6) is 0.0628. The molecule has 1 atom stereocenters. The lowest BCUT2D eigenvalue weighted by atomic mass is 10.2. The SMILES string of the molecule is CCN(CC)CCCC(C)NS(=O)(=O)c1cn[nH]c1N. The third-order valence-corrected chi connectivity index (χ3v) is 4.90. The molecule has 1 heterocycles. The molecule has 4 N–H and O–H groups in total. The summed E-state index contributed by atoms with van der Waals surface area (Å²) in [7, 11) is -3.59. The van der Waals surface area contributed by atoms with Crippen molar-refractivity contribution in [2.45, 2.75) is 44.6 Å². The van der Waals surface area contributed by atoms with Gasteiger partial charge in [0.1, 0.15) is 10.7 Å². The van der Waals surface area contributed by atoms with Gasteiger partial charge in [-0.2, -0.15) is 5.10 Å². The Balaban J connectivity index is 2.46. The van der Waals surface area contributed by atoms with Gasteiger partial charge in [0.25, 0.3) is 0 Å². The van der Waals surface area contributed by atoms with E-state index in [4.69, 9.17) is 5.73 Å². The summed E-state index contributed by atoms with van der Waals surface area (Å²) in [4.78, 5) is 2.32. The second kappa shape index (κ2) is 7.61. The molecule has 1 aromatic rings. The Morgan fingerprint density at radius 3 is 2.60 bits per heavy atom. The summed E-state index contributed by atoms with van der Waals surface area (Å²) in [6.45, 7) is 9.11. The highest BCUT2D eigenvalue weighted by Gasteiger charge is 2.21. The van der Waals surface area contributed by atoms with Crippen molar-refractivity contribution in [3.05, 3.63) is 6.20 Å². The zero-order valence-electron chi connectivity index (χ0n) is 12.4. The number of nitrogens with zero attached hydrogens (tertiary/aromatic N) is 2. The van der Waals surface area contributed by atoms with Gasteiger partial charge in [0.2, 0.25) is 10.0 Å². The summed E-state index contributed by atoms with van der Waals surface area (Å²) in [6, 6.07) is -0.134. The lowest BCUT2D eigenvalue weighted by Gasteiger charge is -2.19. The highest BCUT2D eigenvalue weighted by molar-refractivity contribution is 7.89. The van der Waals surface area contributed by atoms with Crippen LogP contribution in [0, 0.1) is 0 Å². The summed E-state index contributed by atoms with van der Waals surface area (Å²) >= 11 is 0. The van der Waals surface area contributed by atoms with Gasteiger partial charge in [-0.3, -0.25) is 5.10 Å². The van der Waals surface area contributed by atoms with Crippen LogP contribution < -0.4 is 10.5 Å². The molecule has 0 aliphatic carbocycles. The summed E-state index contributed by atoms with van der Waals surface area (Å²) in [6.07, 6.45) is 2.96. The number of hydrogen-bond donors (Lipinski definition) is 3. The number of rotatable bonds is 9. The Labute approximate surface area is 121 Å². The molecule has 0 radical (unpaired) electrons. The van der Waals surface area contributed by atoms with Crippen LogP contribution in [0.1, 0.15) is 33.6 Å². The Hall–Kier alpha value is -1.12. The van der Waals surface area contributed by atoms with E-state index in [0.717, 1.165) is 32.5 Å². The van der Waals surface area contributed by atoms with E-state index in [-0.39, 0.29) is 16.8 Å². The molecule has 0 fully saturated rings. The Kier molecular flexibility index (Phi) is 6.44. The minimum Gasteiger partial charge on any atom is -0.383 e. The standard InChI is InChI=1S/C12H25N5O2S/c1-4-17(5-2)8-6-7-10(3)16-20(18,19)11-9-14-15-12(11)13/h9-10,16H,4-8H2,1-3H3,(H3,13,14,15). The van der Waals surface area contributed by atoms with Crippen LogP contribution in [0.25, 0.3) is 0 Å². The number of aromatic nitrogens is 2. The molecule has 0 aromatic carbocycles. The number of aromatic amines is 1. The zero-order valence-corrected chi connectivity index (χ0v) is 13.2. The maximum Gasteiger partial charge on any atom is 0.246 e. The summed E-state index contributed by atoms with van der Waals surface area (Å²) < 4.78 is 26.8. The van der Waals surface area contributed by atoms with Crippen LogP contribution in [0.5, 0.6) is 0 Å². The number of sulfonamides is 1. The van der Waals surface area contributed by atoms with Crippen LogP contribution in [0.2, 0.25) is 0 Å². The minimum absolute atomic E-state index is 0.00749. The molecule has 0 aliphatic rings. The molecular formula is C12H25N5O2S. The quantitative estimate of drug-likeness (QED) is 0.625. The van der Waals surface area contributed by atoms with Crippen molar-refractivity contribution in [3.8, 4) is 0 Å². The van der Waals surface area contributed by atoms with Crippen molar-refractivity contribution >= 4 is 15.8 Å². The van der Waals surface area contributed by atoms with E-state index in [1.54, 1.807) is 0 Å². The topological polar surface area (TPSA) is 104 Å². The van der Waals surface area contributed by atoms with Crippen molar-refractivity contribution in [1.82, 2.24) is 19.8 Å². The first-order chi connectivity index (χ1) is 9.40. The first-order valence-electron chi connectivity index (χ1n) is 6.94. The fourth-order valence-corrected chi connectivity index (χ4v) is 3.35. The van der Waals surface area contributed by atoms with Gasteiger partial charge in [0.15, 0.2) is 0 Å². The van der Waals surface area contributed by atoms with Crippen molar-refractivity contribution in [3.63, 3.8) is 0 Å². The van der Waals surface area contributed by atoms with E-state index in [2.05, 4.69) is 33.7 Å².